The van der Waals surface area contributed by atoms with Crippen LogP contribution in [0, 0.1) is 6.92 Å². The minimum absolute atomic E-state index is 0.0515. The molecule has 1 saturated carbocycles. The summed E-state index contributed by atoms with van der Waals surface area (Å²) in [6.45, 7) is 4.86. The van der Waals surface area contributed by atoms with Gasteiger partial charge in [-0.05, 0) is 31.9 Å². The van der Waals surface area contributed by atoms with Gasteiger partial charge in [0.2, 0.25) is 10.1 Å². The van der Waals surface area contributed by atoms with Crippen LogP contribution >= 0.6 is 11.3 Å². The van der Waals surface area contributed by atoms with E-state index in [2.05, 4.69) is 41.4 Å². The fourth-order valence-electron chi connectivity index (χ4n) is 4.83. The molecule has 1 saturated heterocycles. The Morgan fingerprint density at radius 1 is 1.09 bits per heavy atom. The number of hydrogen-bond acceptors (Lipinski definition) is 7. The Labute approximate surface area is 202 Å². The van der Waals surface area contributed by atoms with Crippen molar-refractivity contribution in [1.82, 2.24) is 19.5 Å². The zero-order valence-electron chi connectivity index (χ0n) is 19.2. The van der Waals surface area contributed by atoms with E-state index in [1.165, 1.54) is 37.5 Å². The fourth-order valence-corrected chi connectivity index (χ4v) is 5.78. The highest BCUT2D eigenvalue weighted by Gasteiger charge is 2.27. The number of nitrogens with one attached hydrogen (secondary N) is 1. The van der Waals surface area contributed by atoms with Gasteiger partial charge in [-0.2, -0.15) is 4.52 Å². The van der Waals surface area contributed by atoms with E-state index in [1.54, 1.807) is 23.5 Å². The SMILES string of the molecule is Cc1ccc(-c2nc3sc(N4CCN(C(=O)c5ccco5)CC4)nn3c2NC2CCCC2)cc1. The van der Waals surface area contributed by atoms with Gasteiger partial charge in [0.1, 0.15) is 5.69 Å². The number of carbonyl (C=O) groups is 1. The second kappa shape index (κ2) is 8.79. The molecule has 0 unspecified atom stereocenters. The zero-order chi connectivity index (χ0) is 23.1. The number of benzene rings is 1. The summed E-state index contributed by atoms with van der Waals surface area (Å²) in [7, 11) is 0. The molecule has 176 valence electrons. The highest BCUT2D eigenvalue weighted by Crippen LogP contribution is 2.35. The first-order chi connectivity index (χ1) is 16.7. The molecular formula is C25H28N6O2S. The molecule has 2 aliphatic rings. The first-order valence-electron chi connectivity index (χ1n) is 12.0. The third kappa shape index (κ3) is 3.94. The van der Waals surface area contributed by atoms with Crippen molar-refractivity contribution in [3.8, 4) is 11.3 Å². The number of imidazole rings is 1. The molecule has 0 atom stereocenters. The molecule has 0 bridgehead atoms. The summed E-state index contributed by atoms with van der Waals surface area (Å²) in [4.78, 5) is 22.6. The van der Waals surface area contributed by atoms with Crippen LogP contribution in [0.1, 0.15) is 41.8 Å². The van der Waals surface area contributed by atoms with Crippen molar-refractivity contribution in [2.45, 2.75) is 38.6 Å². The van der Waals surface area contributed by atoms with Gasteiger partial charge in [0.15, 0.2) is 11.6 Å². The van der Waals surface area contributed by atoms with Crippen LogP contribution in [0.25, 0.3) is 16.2 Å². The van der Waals surface area contributed by atoms with Crippen LogP contribution in [0.2, 0.25) is 0 Å². The van der Waals surface area contributed by atoms with E-state index < -0.39 is 0 Å². The van der Waals surface area contributed by atoms with Crippen LogP contribution in [0.4, 0.5) is 10.9 Å². The van der Waals surface area contributed by atoms with E-state index in [4.69, 9.17) is 14.5 Å². The molecule has 3 aromatic heterocycles. The molecule has 34 heavy (non-hydrogen) atoms. The molecule has 1 N–H and O–H groups in total. The quantitative estimate of drug-likeness (QED) is 0.451. The number of nitrogens with zero attached hydrogens (tertiary/aromatic N) is 5. The van der Waals surface area contributed by atoms with Gasteiger partial charge < -0.3 is 19.5 Å². The summed E-state index contributed by atoms with van der Waals surface area (Å²) in [5, 5.41) is 9.68. The Kier molecular flexibility index (Phi) is 5.49. The van der Waals surface area contributed by atoms with Crippen molar-refractivity contribution in [3.05, 3.63) is 54.0 Å². The van der Waals surface area contributed by atoms with Crippen LogP contribution in [0.3, 0.4) is 0 Å². The van der Waals surface area contributed by atoms with E-state index in [9.17, 15) is 4.79 Å². The van der Waals surface area contributed by atoms with E-state index >= 15 is 0 Å². The Hall–Kier alpha value is -3.33. The molecule has 1 aliphatic carbocycles. The van der Waals surface area contributed by atoms with Crippen molar-refractivity contribution in [3.63, 3.8) is 0 Å². The van der Waals surface area contributed by atoms with Gasteiger partial charge in [0.25, 0.3) is 5.91 Å². The van der Waals surface area contributed by atoms with Crippen molar-refractivity contribution < 1.29 is 9.21 Å². The lowest BCUT2D eigenvalue weighted by molar-refractivity contribution is 0.0714. The summed E-state index contributed by atoms with van der Waals surface area (Å²) in [5.74, 6) is 1.33. The lowest BCUT2D eigenvalue weighted by Gasteiger charge is -2.33. The predicted molar refractivity (Wildman–Crippen MR) is 134 cm³/mol. The smallest absolute Gasteiger partial charge is 0.289 e. The van der Waals surface area contributed by atoms with E-state index in [1.807, 2.05) is 9.42 Å². The molecule has 1 aromatic carbocycles. The highest BCUT2D eigenvalue weighted by atomic mass is 32.1. The summed E-state index contributed by atoms with van der Waals surface area (Å²) in [6.07, 6.45) is 6.44. The Balaban J connectivity index is 1.26. The molecular weight excluding hydrogens is 448 g/mol. The van der Waals surface area contributed by atoms with Gasteiger partial charge >= 0.3 is 0 Å². The lowest BCUT2D eigenvalue weighted by Crippen LogP contribution is -2.48. The number of aromatic nitrogens is 3. The van der Waals surface area contributed by atoms with Gasteiger partial charge in [-0.25, -0.2) is 4.98 Å². The summed E-state index contributed by atoms with van der Waals surface area (Å²) >= 11 is 1.61. The number of piperazine rings is 1. The van der Waals surface area contributed by atoms with Crippen LogP contribution in [0.15, 0.2) is 47.1 Å². The topological polar surface area (TPSA) is 78.9 Å². The zero-order valence-corrected chi connectivity index (χ0v) is 20.1. The van der Waals surface area contributed by atoms with Gasteiger partial charge in [-0.1, -0.05) is 54.0 Å². The van der Waals surface area contributed by atoms with Crippen molar-refractivity contribution in [1.29, 1.82) is 0 Å². The Bertz CT molecular complexity index is 1280. The van der Waals surface area contributed by atoms with Crippen LogP contribution in [-0.2, 0) is 0 Å². The summed E-state index contributed by atoms with van der Waals surface area (Å²) in [5.41, 5.74) is 3.31. The predicted octanol–water partition coefficient (Wildman–Crippen LogP) is 4.68. The number of furan rings is 1. The van der Waals surface area contributed by atoms with Crippen molar-refractivity contribution in [2.24, 2.45) is 0 Å². The van der Waals surface area contributed by atoms with Crippen LogP contribution in [0.5, 0.6) is 0 Å². The number of hydrogen-bond donors (Lipinski definition) is 1. The number of fused-ring (bicyclic) bond motifs is 1. The minimum atomic E-state index is -0.0515. The van der Waals surface area contributed by atoms with Gasteiger partial charge in [0, 0.05) is 37.8 Å². The molecule has 0 spiro atoms. The van der Waals surface area contributed by atoms with Crippen LogP contribution < -0.4 is 10.2 Å². The average Bonchev–Trinajstić information content (AvgIpc) is 3.66. The monoisotopic (exact) mass is 476 g/mol. The number of rotatable bonds is 5. The maximum atomic E-state index is 12.6. The fraction of sp³-hybridized carbons (Fsp3) is 0.400. The number of amides is 1. The number of anilines is 2. The second-order valence-corrected chi connectivity index (χ2v) is 10.1. The van der Waals surface area contributed by atoms with Crippen molar-refractivity contribution >= 4 is 33.2 Å². The third-order valence-corrected chi connectivity index (χ3v) is 7.75. The summed E-state index contributed by atoms with van der Waals surface area (Å²) in [6, 6.07) is 12.5. The van der Waals surface area contributed by atoms with Gasteiger partial charge in [-0.3, -0.25) is 4.79 Å². The average molecular weight is 477 g/mol. The molecule has 4 aromatic rings. The maximum Gasteiger partial charge on any atom is 0.289 e. The number of carbonyl (C=O) groups excluding carboxylic acids is 1. The van der Waals surface area contributed by atoms with Gasteiger partial charge in [0.05, 0.1) is 6.26 Å². The minimum Gasteiger partial charge on any atom is -0.459 e. The van der Waals surface area contributed by atoms with E-state index in [0.717, 1.165) is 40.3 Å². The largest absolute Gasteiger partial charge is 0.459 e. The third-order valence-electron chi connectivity index (χ3n) is 6.78. The molecule has 2 fully saturated rings. The molecule has 9 heteroatoms. The summed E-state index contributed by atoms with van der Waals surface area (Å²) < 4.78 is 7.26. The Morgan fingerprint density at radius 3 is 2.56 bits per heavy atom. The molecule has 4 heterocycles. The molecule has 8 nitrogen and oxygen atoms in total. The van der Waals surface area contributed by atoms with Crippen molar-refractivity contribution in [2.75, 3.05) is 36.4 Å². The van der Waals surface area contributed by atoms with E-state index in [0.29, 0.717) is 24.9 Å². The normalized spacial score (nSPS) is 17.1. The lowest BCUT2D eigenvalue weighted by atomic mass is 10.1. The van der Waals surface area contributed by atoms with Crippen LogP contribution in [-0.4, -0.2) is 57.6 Å². The first kappa shape index (κ1) is 21.2. The van der Waals surface area contributed by atoms with Gasteiger partial charge in [-0.15, -0.1) is 5.10 Å². The molecule has 6 rings (SSSR count). The molecule has 0 radical (unpaired) electrons. The highest BCUT2D eigenvalue weighted by molar-refractivity contribution is 7.20. The maximum absolute atomic E-state index is 12.6. The number of aryl methyl sites for hydroxylation is 1. The molecule has 1 amide bonds. The standard InChI is InChI=1S/C25H28N6O2S/c1-17-8-10-18(11-9-17)21-22(26-19-5-2-3-6-19)31-24(27-21)34-25(28-31)30-14-12-29(13-15-30)23(32)20-7-4-16-33-20/h4,7-11,16,19,26H,2-3,5-6,12-15H2,1H3. The second-order valence-electron chi connectivity index (χ2n) is 9.14. The first-order valence-corrected chi connectivity index (χ1v) is 12.8. The Morgan fingerprint density at radius 2 is 1.85 bits per heavy atom. The van der Waals surface area contributed by atoms with E-state index in [-0.39, 0.29) is 5.91 Å². The molecule has 1 aliphatic heterocycles.